The maximum Gasteiger partial charge on any atom is 0.412 e. The van der Waals surface area contributed by atoms with Gasteiger partial charge in [-0.1, -0.05) is 48.0 Å². The lowest BCUT2D eigenvalue weighted by Crippen LogP contribution is -2.28. The van der Waals surface area contributed by atoms with Crippen molar-refractivity contribution in [2.45, 2.75) is 19.1 Å². The summed E-state index contributed by atoms with van der Waals surface area (Å²) in [5.41, 5.74) is 1.25. The van der Waals surface area contributed by atoms with Crippen molar-refractivity contribution in [3.63, 3.8) is 0 Å². The van der Waals surface area contributed by atoms with Gasteiger partial charge in [-0.3, -0.25) is 0 Å². The van der Waals surface area contributed by atoms with Crippen LogP contribution in [0.5, 0.6) is 0 Å². The molecule has 1 unspecified atom stereocenters. The minimum Gasteiger partial charge on any atom is -0.370 e. The van der Waals surface area contributed by atoms with Gasteiger partial charge in [0.25, 0.3) is 0 Å². The first kappa shape index (κ1) is 14.7. The van der Waals surface area contributed by atoms with Crippen LogP contribution in [0.25, 0.3) is 0 Å². The van der Waals surface area contributed by atoms with E-state index in [1.165, 1.54) is 18.2 Å². The standard InChI is InChI=1S/C15H13ClF3N/c1-10-7-8-12(16)9-13(10)20-14(15(17,18)19)11-5-3-2-4-6-11/h2-9,14,20H,1H3. The monoisotopic (exact) mass is 299 g/mol. The van der Waals surface area contributed by atoms with Crippen molar-refractivity contribution in [1.29, 1.82) is 0 Å². The maximum absolute atomic E-state index is 13.2. The molecular formula is C15H13ClF3N. The summed E-state index contributed by atoms with van der Waals surface area (Å²) in [5, 5.41) is 2.93. The van der Waals surface area contributed by atoms with Gasteiger partial charge in [-0.05, 0) is 30.2 Å². The van der Waals surface area contributed by atoms with Crippen LogP contribution in [0.4, 0.5) is 18.9 Å². The zero-order valence-electron chi connectivity index (χ0n) is 10.7. The van der Waals surface area contributed by atoms with Gasteiger partial charge in [-0.15, -0.1) is 0 Å². The molecule has 2 aromatic carbocycles. The van der Waals surface area contributed by atoms with Gasteiger partial charge in [0.05, 0.1) is 0 Å². The molecule has 20 heavy (non-hydrogen) atoms. The van der Waals surface area contributed by atoms with Gasteiger partial charge in [-0.2, -0.15) is 13.2 Å². The van der Waals surface area contributed by atoms with E-state index in [9.17, 15) is 13.2 Å². The average molecular weight is 300 g/mol. The normalized spacial score (nSPS) is 13.1. The number of halogens is 4. The fraction of sp³-hybridized carbons (Fsp3) is 0.200. The predicted octanol–water partition coefficient (Wildman–Crippen LogP) is 5.36. The van der Waals surface area contributed by atoms with E-state index in [4.69, 9.17) is 11.6 Å². The van der Waals surface area contributed by atoms with Gasteiger partial charge < -0.3 is 5.32 Å². The van der Waals surface area contributed by atoms with Crippen LogP contribution in [0, 0.1) is 6.92 Å². The number of anilines is 1. The first-order valence-corrected chi connectivity index (χ1v) is 6.40. The molecule has 0 saturated carbocycles. The predicted molar refractivity (Wildman–Crippen MR) is 75.0 cm³/mol. The van der Waals surface area contributed by atoms with Gasteiger partial charge in [0.15, 0.2) is 0 Å². The largest absolute Gasteiger partial charge is 0.412 e. The molecule has 0 spiro atoms. The molecule has 0 saturated heterocycles. The second kappa shape index (κ2) is 5.75. The Morgan fingerprint density at radius 3 is 2.30 bits per heavy atom. The van der Waals surface area contributed by atoms with Crippen molar-refractivity contribution in [2.75, 3.05) is 5.32 Å². The Kier molecular flexibility index (Phi) is 4.23. The molecule has 0 heterocycles. The third kappa shape index (κ3) is 3.45. The summed E-state index contributed by atoms with van der Waals surface area (Å²) in [6.07, 6.45) is -4.39. The molecule has 0 aliphatic heterocycles. The first-order valence-electron chi connectivity index (χ1n) is 6.02. The third-order valence-corrected chi connectivity index (χ3v) is 3.19. The SMILES string of the molecule is Cc1ccc(Cl)cc1NC(c1ccccc1)C(F)(F)F. The number of benzene rings is 2. The minimum absolute atomic E-state index is 0.166. The van der Waals surface area contributed by atoms with Crippen LogP contribution in [0.2, 0.25) is 5.02 Å². The lowest BCUT2D eigenvalue weighted by atomic mass is 10.1. The summed E-state index contributed by atoms with van der Waals surface area (Å²) in [6.45, 7) is 1.73. The summed E-state index contributed by atoms with van der Waals surface area (Å²) >= 11 is 5.84. The van der Waals surface area contributed by atoms with Gasteiger partial charge in [0, 0.05) is 10.7 Å². The Hall–Kier alpha value is -1.68. The highest BCUT2D eigenvalue weighted by atomic mass is 35.5. The third-order valence-electron chi connectivity index (χ3n) is 2.96. The summed E-state index contributed by atoms with van der Waals surface area (Å²) in [5.74, 6) is 0. The lowest BCUT2D eigenvalue weighted by molar-refractivity contribution is -0.144. The molecule has 0 amide bonds. The fourth-order valence-corrected chi connectivity index (χ4v) is 2.08. The van der Waals surface area contributed by atoms with Crippen molar-refractivity contribution in [2.24, 2.45) is 0 Å². The number of hydrogen-bond acceptors (Lipinski definition) is 1. The quantitative estimate of drug-likeness (QED) is 0.804. The zero-order chi connectivity index (χ0) is 14.8. The van der Waals surface area contributed by atoms with Crippen molar-refractivity contribution < 1.29 is 13.2 Å². The Bertz CT molecular complexity index is 581. The summed E-state index contributed by atoms with van der Waals surface area (Å²) in [4.78, 5) is 0. The second-order valence-corrected chi connectivity index (χ2v) is 4.93. The molecule has 0 aromatic heterocycles. The molecule has 0 fully saturated rings. The number of alkyl halides is 3. The highest BCUT2D eigenvalue weighted by Gasteiger charge is 2.40. The zero-order valence-corrected chi connectivity index (χ0v) is 11.5. The van der Waals surface area contributed by atoms with Crippen LogP contribution in [-0.2, 0) is 0 Å². The molecule has 2 aromatic rings. The topological polar surface area (TPSA) is 12.0 Å². The summed E-state index contributed by atoms with van der Waals surface area (Å²) in [7, 11) is 0. The molecule has 1 nitrogen and oxygen atoms in total. The van der Waals surface area contributed by atoms with E-state index in [-0.39, 0.29) is 5.56 Å². The van der Waals surface area contributed by atoms with E-state index in [2.05, 4.69) is 5.32 Å². The van der Waals surface area contributed by atoms with Crippen LogP contribution in [0.3, 0.4) is 0 Å². The van der Waals surface area contributed by atoms with Crippen molar-refractivity contribution in [3.8, 4) is 0 Å². The Morgan fingerprint density at radius 1 is 1.05 bits per heavy atom. The minimum atomic E-state index is -4.39. The van der Waals surface area contributed by atoms with Crippen molar-refractivity contribution in [3.05, 3.63) is 64.7 Å². The molecule has 1 N–H and O–H groups in total. The maximum atomic E-state index is 13.2. The van der Waals surface area contributed by atoms with Gasteiger partial charge in [0.2, 0.25) is 0 Å². The summed E-state index contributed by atoms with van der Waals surface area (Å²) < 4.78 is 39.7. The van der Waals surface area contributed by atoms with Gasteiger partial charge >= 0.3 is 6.18 Å². The fourth-order valence-electron chi connectivity index (χ4n) is 1.90. The highest BCUT2D eigenvalue weighted by Crippen LogP contribution is 2.36. The molecule has 2 rings (SSSR count). The second-order valence-electron chi connectivity index (χ2n) is 4.49. The van der Waals surface area contributed by atoms with Gasteiger partial charge in [0.1, 0.15) is 6.04 Å². The van der Waals surface area contributed by atoms with Crippen LogP contribution < -0.4 is 5.32 Å². The van der Waals surface area contributed by atoms with E-state index in [1.54, 1.807) is 37.3 Å². The Balaban J connectivity index is 2.37. The molecule has 1 atom stereocenters. The summed E-state index contributed by atoms with van der Waals surface area (Å²) in [6, 6.07) is 10.8. The van der Waals surface area contributed by atoms with Crippen LogP contribution in [-0.4, -0.2) is 6.18 Å². The Morgan fingerprint density at radius 2 is 1.70 bits per heavy atom. The lowest BCUT2D eigenvalue weighted by Gasteiger charge is -2.24. The molecular weight excluding hydrogens is 287 g/mol. The van der Waals surface area contributed by atoms with Crippen LogP contribution in [0.15, 0.2) is 48.5 Å². The van der Waals surface area contributed by atoms with E-state index in [1.807, 2.05) is 0 Å². The number of aryl methyl sites for hydroxylation is 1. The van der Waals surface area contributed by atoms with Gasteiger partial charge in [-0.25, -0.2) is 0 Å². The van der Waals surface area contributed by atoms with Crippen molar-refractivity contribution >= 4 is 17.3 Å². The number of nitrogens with one attached hydrogen (secondary N) is 1. The molecule has 0 bridgehead atoms. The van der Waals surface area contributed by atoms with E-state index >= 15 is 0 Å². The van der Waals surface area contributed by atoms with E-state index in [0.717, 1.165) is 0 Å². The smallest absolute Gasteiger partial charge is 0.370 e. The Labute approximate surface area is 120 Å². The van der Waals surface area contributed by atoms with Crippen LogP contribution in [0.1, 0.15) is 17.2 Å². The molecule has 106 valence electrons. The van der Waals surface area contributed by atoms with Crippen molar-refractivity contribution in [1.82, 2.24) is 0 Å². The highest BCUT2D eigenvalue weighted by molar-refractivity contribution is 6.30. The number of hydrogen-bond donors (Lipinski definition) is 1. The molecule has 0 aliphatic rings. The van der Waals surface area contributed by atoms with E-state index < -0.39 is 12.2 Å². The van der Waals surface area contributed by atoms with Crippen LogP contribution >= 0.6 is 11.6 Å². The number of rotatable bonds is 3. The average Bonchev–Trinajstić information content (AvgIpc) is 2.39. The first-order chi connectivity index (χ1) is 9.38. The van der Waals surface area contributed by atoms with E-state index in [0.29, 0.717) is 16.3 Å². The molecule has 0 aliphatic carbocycles. The molecule has 0 radical (unpaired) electrons. The molecule has 5 heteroatoms.